The summed E-state index contributed by atoms with van der Waals surface area (Å²) in [5.41, 5.74) is 0.0162. The van der Waals surface area contributed by atoms with Gasteiger partial charge in [-0.3, -0.25) is 14.2 Å². The van der Waals surface area contributed by atoms with E-state index in [1.54, 1.807) is 6.07 Å². The van der Waals surface area contributed by atoms with E-state index in [2.05, 4.69) is 15.1 Å². The molecule has 0 bridgehead atoms. The lowest BCUT2D eigenvalue weighted by Crippen LogP contribution is -2.22. The molecule has 102 valence electrons. The smallest absolute Gasteiger partial charge is 0.273 e. The third kappa shape index (κ3) is 1.92. The molecule has 0 aliphatic heterocycles. The van der Waals surface area contributed by atoms with Crippen molar-refractivity contribution in [1.82, 2.24) is 24.1 Å². The second-order valence-corrected chi connectivity index (χ2v) is 4.56. The summed E-state index contributed by atoms with van der Waals surface area (Å²) in [5, 5.41) is 4.31. The summed E-state index contributed by atoms with van der Waals surface area (Å²) in [4.78, 5) is 30.0. The van der Waals surface area contributed by atoms with Gasteiger partial charge >= 0.3 is 0 Å². The zero-order chi connectivity index (χ0) is 14.3. The average molecular weight is 292 g/mol. The molecular formula is C12H10ClN5O2. The number of hydrogen-bond donors (Lipinski definition) is 1. The quantitative estimate of drug-likeness (QED) is 0.761. The molecule has 0 aliphatic carbocycles. The number of rotatable bonds is 2. The first-order chi connectivity index (χ1) is 9.60. The Hall–Kier alpha value is -2.41. The van der Waals surface area contributed by atoms with Crippen molar-refractivity contribution in [2.24, 2.45) is 0 Å². The summed E-state index contributed by atoms with van der Waals surface area (Å²) in [5.74, 6) is 0.747. The molecule has 20 heavy (non-hydrogen) atoms. The largest absolute Gasteiger partial charge is 0.329 e. The van der Waals surface area contributed by atoms with Gasteiger partial charge in [-0.15, -0.1) is 5.10 Å². The number of aryl methyl sites for hydroxylation is 1. The van der Waals surface area contributed by atoms with Gasteiger partial charge in [0.25, 0.3) is 5.56 Å². The molecule has 0 amide bonds. The van der Waals surface area contributed by atoms with E-state index in [0.717, 1.165) is 0 Å². The van der Waals surface area contributed by atoms with Crippen molar-refractivity contribution in [3.63, 3.8) is 0 Å². The number of aromatic amines is 1. The molecule has 0 atom stereocenters. The van der Waals surface area contributed by atoms with Crippen LogP contribution in [-0.2, 0) is 6.54 Å². The topological polar surface area (TPSA) is 85.0 Å². The normalized spacial score (nSPS) is 11.1. The van der Waals surface area contributed by atoms with E-state index in [1.807, 2.05) is 6.92 Å². The summed E-state index contributed by atoms with van der Waals surface area (Å²) in [6.07, 6.45) is 2.93. The van der Waals surface area contributed by atoms with E-state index in [1.165, 1.54) is 27.5 Å². The maximum atomic E-state index is 11.9. The zero-order valence-electron chi connectivity index (χ0n) is 10.5. The van der Waals surface area contributed by atoms with Crippen LogP contribution in [0.3, 0.4) is 0 Å². The van der Waals surface area contributed by atoms with Gasteiger partial charge in [0.2, 0.25) is 11.3 Å². The minimum Gasteiger partial charge on any atom is -0.329 e. The first kappa shape index (κ1) is 12.6. The predicted molar refractivity (Wildman–Crippen MR) is 74.0 cm³/mol. The van der Waals surface area contributed by atoms with Gasteiger partial charge in [0.05, 0.1) is 6.20 Å². The summed E-state index contributed by atoms with van der Waals surface area (Å²) in [6.45, 7) is 2.25. The van der Waals surface area contributed by atoms with Crippen LogP contribution in [0.2, 0.25) is 5.02 Å². The molecule has 0 unspecified atom stereocenters. The average Bonchev–Trinajstić information content (AvgIpc) is 2.83. The second-order valence-electron chi connectivity index (χ2n) is 4.15. The number of nitrogens with zero attached hydrogens (tertiary/aromatic N) is 4. The lowest BCUT2D eigenvalue weighted by Gasteiger charge is -2.02. The predicted octanol–water partition coefficient (Wildman–Crippen LogP) is 0.920. The number of fused-ring (bicyclic) bond motifs is 1. The molecule has 1 N–H and O–H groups in total. The van der Waals surface area contributed by atoms with Crippen LogP contribution >= 0.6 is 11.6 Å². The Morgan fingerprint density at radius 2 is 2.20 bits per heavy atom. The number of aromatic nitrogens is 5. The van der Waals surface area contributed by atoms with Gasteiger partial charge in [-0.2, -0.15) is 4.98 Å². The van der Waals surface area contributed by atoms with Crippen LogP contribution in [0.15, 0.2) is 34.1 Å². The first-order valence-corrected chi connectivity index (χ1v) is 6.33. The van der Waals surface area contributed by atoms with Gasteiger partial charge in [-0.25, -0.2) is 4.52 Å². The number of pyridine rings is 1. The fraction of sp³-hybridized carbons (Fsp3) is 0.167. The van der Waals surface area contributed by atoms with Crippen molar-refractivity contribution < 1.29 is 0 Å². The van der Waals surface area contributed by atoms with E-state index in [9.17, 15) is 9.59 Å². The molecule has 0 saturated heterocycles. The van der Waals surface area contributed by atoms with Crippen molar-refractivity contribution >= 4 is 17.4 Å². The van der Waals surface area contributed by atoms with Gasteiger partial charge in [0.15, 0.2) is 5.82 Å². The number of H-pyrrole nitrogens is 1. The Morgan fingerprint density at radius 3 is 2.90 bits per heavy atom. The fourth-order valence-electron chi connectivity index (χ4n) is 1.96. The lowest BCUT2D eigenvalue weighted by molar-refractivity contribution is 0.715. The molecule has 7 nitrogen and oxygen atoms in total. The third-order valence-electron chi connectivity index (χ3n) is 2.89. The SMILES string of the molecule is CCn1c(=O)c(Cl)cn2nc(-c3cc[nH]c(=O)c3)nc12. The van der Waals surface area contributed by atoms with Gasteiger partial charge < -0.3 is 4.98 Å². The molecule has 3 heterocycles. The van der Waals surface area contributed by atoms with Crippen LogP contribution in [0.25, 0.3) is 17.2 Å². The third-order valence-corrected chi connectivity index (χ3v) is 3.15. The van der Waals surface area contributed by atoms with Crippen LogP contribution in [0, 0.1) is 0 Å². The highest BCUT2D eigenvalue weighted by Crippen LogP contribution is 2.14. The lowest BCUT2D eigenvalue weighted by atomic mass is 10.2. The van der Waals surface area contributed by atoms with Gasteiger partial charge in [-0.05, 0) is 13.0 Å². The van der Waals surface area contributed by atoms with Crippen LogP contribution in [0.5, 0.6) is 0 Å². The highest BCUT2D eigenvalue weighted by molar-refractivity contribution is 6.30. The summed E-state index contributed by atoms with van der Waals surface area (Å²) in [6, 6.07) is 3.08. The Balaban J connectivity index is 2.31. The molecule has 0 spiro atoms. The molecule has 0 radical (unpaired) electrons. The molecular weight excluding hydrogens is 282 g/mol. The molecule has 3 aromatic rings. The van der Waals surface area contributed by atoms with E-state index < -0.39 is 0 Å². The molecule has 8 heteroatoms. The maximum Gasteiger partial charge on any atom is 0.273 e. The van der Waals surface area contributed by atoms with Gasteiger partial charge in [0, 0.05) is 24.4 Å². The standard InChI is InChI=1S/C12H10ClN5O2/c1-2-17-11(20)8(13)6-18-12(17)15-10(16-18)7-3-4-14-9(19)5-7/h3-6H,2H2,1H3,(H,14,19). The van der Waals surface area contributed by atoms with E-state index in [-0.39, 0.29) is 16.1 Å². The van der Waals surface area contributed by atoms with Crippen molar-refractivity contribution in [3.05, 3.63) is 50.3 Å². The minimum atomic E-state index is -0.313. The summed E-state index contributed by atoms with van der Waals surface area (Å²) < 4.78 is 2.86. The van der Waals surface area contributed by atoms with Crippen molar-refractivity contribution in [3.8, 4) is 11.4 Å². The van der Waals surface area contributed by atoms with Gasteiger partial charge in [0.1, 0.15) is 5.02 Å². The monoisotopic (exact) mass is 291 g/mol. The molecule has 0 fully saturated rings. The van der Waals surface area contributed by atoms with Crippen LogP contribution in [0.1, 0.15) is 6.92 Å². The molecule has 3 rings (SSSR count). The van der Waals surface area contributed by atoms with Crippen LogP contribution in [0.4, 0.5) is 0 Å². The van der Waals surface area contributed by atoms with Crippen LogP contribution in [-0.4, -0.2) is 24.1 Å². The fourth-order valence-corrected chi connectivity index (χ4v) is 2.15. The highest BCUT2D eigenvalue weighted by Gasteiger charge is 2.13. The number of nitrogens with one attached hydrogen (secondary N) is 1. The van der Waals surface area contributed by atoms with Crippen molar-refractivity contribution in [2.75, 3.05) is 0 Å². The molecule has 0 saturated carbocycles. The summed E-state index contributed by atoms with van der Waals surface area (Å²) >= 11 is 5.88. The van der Waals surface area contributed by atoms with Gasteiger partial charge in [-0.1, -0.05) is 11.6 Å². The van der Waals surface area contributed by atoms with Crippen molar-refractivity contribution in [2.45, 2.75) is 13.5 Å². The molecule has 0 aromatic carbocycles. The second kappa shape index (κ2) is 4.61. The minimum absolute atomic E-state index is 0.0710. The molecule has 3 aromatic heterocycles. The Labute approximate surface area is 117 Å². The Bertz CT molecular complexity index is 908. The first-order valence-electron chi connectivity index (χ1n) is 5.95. The van der Waals surface area contributed by atoms with E-state index in [4.69, 9.17) is 11.6 Å². The van der Waals surface area contributed by atoms with E-state index in [0.29, 0.717) is 23.7 Å². The van der Waals surface area contributed by atoms with Crippen molar-refractivity contribution in [1.29, 1.82) is 0 Å². The van der Waals surface area contributed by atoms with Crippen LogP contribution < -0.4 is 11.1 Å². The maximum absolute atomic E-state index is 11.9. The Kier molecular flexibility index (Phi) is 2.90. The van der Waals surface area contributed by atoms with E-state index >= 15 is 0 Å². The zero-order valence-corrected chi connectivity index (χ0v) is 11.3. The number of hydrogen-bond acceptors (Lipinski definition) is 4. The summed E-state index contributed by atoms with van der Waals surface area (Å²) in [7, 11) is 0. The Morgan fingerprint density at radius 1 is 1.40 bits per heavy atom. The number of halogens is 1. The molecule has 0 aliphatic rings. The highest BCUT2D eigenvalue weighted by atomic mass is 35.5.